The third-order valence-electron chi connectivity index (χ3n) is 4.21. The molecule has 0 aliphatic heterocycles. The topological polar surface area (TPSA) is 102 Å². The van der Waals surface area contributed by atoms with Crippen LogP contribution < -0.4 is 10.0 Å². The molecule has 0 amide bonds. The second kappa shape index (κ2) is 6.12. The minimum Gasteiger partial charge on any atom is -0.365 e. The average molecular weight is 373 g/mol. The van der Waals surface area contributed by atoms with E-state index in [0.717, 1.165) is 11.9 Å². The normalized spacial score (nSPS) is 22.1. The number of aryl methyl sites for hydroxylation is 1. The lowest BCUT2D eigenvalue weighted by atomic mass is 10.3. The van der Waals surface area contributed by atoms with E-state index in [1.165, 1.54) is 0 Å². The summed E-state index contributed by atoms with van der Waals surface area (Å²) < 4.78 is 28.9. The fourth-order valence-electron chi connectivity index (χ4n) is 2.89. The van der Waals surface area contributed by atoms with Gasteiger partial charge in [-0.3, -0.25) is 4.68 Å². The maximum Gasteiger partial charge on any atom is 0.225 e. The number of fused-ring (bicyclic) bond motifs is 1. The molecule has 0 spiro atoms. The van der Waals surface area contributed by atoms with Crippen molar-refractivity contribution < 1.29 is 8.42 Å². The lowest BCUT2D eigenvalue weighted by Gasteiger charge is -2.16. The van der Waals surface area contributed by atoms with E-state index >= 15 is 0 Å². The Labute approximate surface area is 146 Å². The number of aromatic nitrogens is 4. The summed E-state index contributed by atoms with van der Waals surface area (Å²) in [4.78, 5) is 8.37. The highest BCUT2D eigenvalue weighted by Crippen LogP contribution is 2.39. The molecule has 3 rings (SSSR count). The van der Waals surface area contributed by atoms with Gasteiger partial charge in [0.1, 0.15) is 11.0 Å². The first-order chi connectivity index (χ1) is 11.2. The molecule has 1 saturated carbocycles. The maximum atomic E-state index is 12.3. The molecule has 0 saturated heterocycles. The van der Waals surface area contributed by atoms with Crippen LogP contribution in [0.15, 0.2) is 6.20 Å². The average Bonchev–Trinajstić information content (AvgIpc) is 3.11. The monoisotopic (exact) mass is 372 g/mol. The summed E-state index contributed by atoms with van der Waals surface area (Å²) in [6, 6.07) is -0.0786. The van der Waals surface area contributed by atoms with Crippen LogP contribution in [-0.2, 0) is 17.1 Å². The highest BCUT2D eigenvalue weighted by molar-refractivity contribution is 7.90. The lowest BCUT2D eigenvalue weighted by molar-refractivity contribution is 0.547. The number of hydrogen-bond donors (Lipinski definition) is 2. The second-order valence-corrected chi connectivity index (χ2v) is 8.92. The highest BCUT2D eigenvalue weighted by Gasteiger charge is 2.46. The highest BCUT2D eigenvalue weighted by atomic mass is 35.5. The predicted octanol–water partition coefficient (Wildman–Crippen LogP) is 1.53. The molecule has 1 aliphatic carbocycles. The van der Waals surface area contributed by atoms with Crippen LogP contribution in [0.3, 0.4) is 0 Å². The molecule has 0 bridgehead atoms. The van der Waals surface area contributed by atoms with Crippen LogP contribution in [0, 0.1) is 5.92 Å². The lowest BCUT2D eigenvalue weighted by Crippen LogP contribution is -2.38. The van der Waals surface area contributed by atoms with Crippen molar-refractivity contribution in [2.45, 2.75) is 44.5 Å². The molecule has 24 heavy (non-hydrogen) atoms. The summed E-state index contributed by atoms with van der Waals surface area (Å²) in [7, 11) is -1.54. The van der Waals surface area contributed by atoms with Gasteiger partial charge in [-0.1, -0.05) is 0 Å². The van der Waals surface area contributed by atoms with Gasteiger partial charge in [0, 0.05) is 19.1 Å². The molecule has 8 nitrogen and oxygen atoms in total. The van der Waals surface area contributed by atoms with E-state index in [1.807, 2.05) is 13.8 Å². The molecule has 3 unspecified atom stereocenters. The summed E-state index contributed by atoms with van der Waals surface area (Å²) >= 11 is 5.96. The molecule has 2 N–H and O–H groups in total. The van der Waals surface area contributed by atoms with Gasteiger partial charge < -0.3 is 5.32 Å². The molecule has 3 atom stereocenters. The Balaban J connectivity index is 1.77. The number of hydrogen-bond acceptors (Lipinski definition) is 6. The van der Waals surface area contributed by atoms with Crippen LogP contribution in [0.4, 0.5) is 5.82 Å². The summed E-state index contributed by atoms with van der Waals surface area (Å²) in [5.74, 6) is 0.609. The molecular formula is C14H21ClN6O2S. The van der Waals surface area contributed by atoms with E-state index < -0.39 is 15.3 Å². The Morgan fingerprint density at radius 2 is 2.04 bits per heavy atom. The third kappa shape index (κ3) is 3.33. The van der Waals surface area contributed by atoms with Crippen LogP contribution in [0.25, 0.3) is 11.0 Å². The number of sulfonamides is 1. The molecule has 2 heterocycles. The Bertz CT molecular complexity index is 866. The van der Waals surface area contributed by atoms with Crippen molar-refractivity contribution in [1.82, 2.24) is 24.5 Å². The first-order valence-electron chi connectivity index (χ1n) is 7.82. The summed E-state index contributed by atoms with van der Waals surface area (Å²) in [6.07, 6.45) is 2.39. The van der Waals surface area contributed by atoms with Crippen LogP contribution in [-0.4, -0.2) is 45.5 Å². The Morgan fingerprint density at radius 1 is 1.33 bits per heavy atom. The summed E-state index contributed by atoms with van der Waals surface area (Å²) in [6.45, 7) is 5.37. The van der Waals surface area contributed by atoms with E-state index in [1.54, 1.807) is 24.9 Å². The molecule has 2 aromatic rings. The van der Waals surface area contributed by atoms with Crippen LogP contribution >= 0.6 is 11.6 Å². The number of nitrogens with one attached hydrogen (secondary N) is 2. The van der Waals surface area contributed by atoms with E-state index in [-0.39, 0.29) is 23.3 Å². The SMILES string of the molecule is CC(C)NS(=O)(=O)C(C)C1CC1Nc1nc(Cl)nc2cnn(C)c12. The van der Waals surface area contributed by atoms with E-state index in [2.05, 4.69) is 25.1 Å². The van der Waals surface area contributed by atoms with Crippen molar-refractivity contribution in [3.8, 4) is 0 Å². The first kappa shape index (κ1) is 17.4. The largest absolute Gasteiger partial charge is 0.365 e. The van der Waals surface area contributed by atoms with Crippen LogP contribution in [0.2, 0.25) is 5.28 Å². The first-order valence-corrected chi connectivity index (χ1v) is 9.74. The summed E-state index contributed by atoms with van der Waals surface area (Å²) in [5, 5.41) is 7.12. The quantitative estimate of drug-likeness (QED) is 0.745. The molecule has 1 aliphatic rings. The number of halogens is 1. The fourth-order valence-corrected chi connectivity index (χ4v) is 4.70. The zero-order valence-corrected chi connectivity index (χ0v) is 15.6. The maximum absolute atomic E-state index is 12.3. The van der Waals surface area contributed by atoms with Crippen molar-refractivity contribution in [1.29, 1.82) is 0 Å². The van der Waals surface area contributed by atoms with Gasteiger partial charge in [0.25, 0.3) is 0 Å². The van der Waals surface area contributed by atoms with Gasteiger partial charge in [-0.25, -0.2) is 18.1 Å². The van der Waals surface area contributed by atoms with E-state index in [9.17, 15) is 8.42 Å². The Hall–Kier alpha value is -1.45. The fraction of sp³-hybridized carbons (Fsp3) is 0.643. The van der Waals surface area contributed by atoms with Crippen molar-refractivity contribution in [3.05, 3.63) is 11.5 Å². The van der Waals surface area contributed by atoms with Gasteiger partial charge in [0.2, 0.25) is 15.3 Å². The zero-order chi connectivity index (χ0) is 17.6. The van der Waals surface area contributed by atoms with Gasteiger partial charge in [0.05, 0.1) is 11.4 Å². The molecule has 0 aromatic carbocycles. The van der Waals surface area contributed by atoms with Gasteiger partial charge in [-0.15, -0.1) is 0 Å². The number of anilines is 1. The predicted molar refractivity (Wildman–Crippen MR) is 93.5 cm³/mol. The molecule has 1 fully saturated rings. The second-order valence-electron chi connectivity index (χ2n) is 6.52. The standard InChI is InChI=1S/C14H21ClN6O2S/c1-7(2)20-24(22,23)8(3)9-5-10(9)17-13-12-11(6-16-21(12)4)18-14(15)19-13/h6-10,20H,5H2,1-4H3,(H,17,18,19). The molecule has 10 heteroatoms. The van der Waals surface area contributed by atoms with E-state index in [0.29, 0.717) is 11.3 Å². The third-order valence-corrected chi connectivity index (χ3v) is 6.51. The van der Waals surface area contributed by atoms with Crippen molar-refractivity contribution >= 4 is 38.5 Å². The Kier molecular flexibility index (Phi) is 4.43. The van der Waals surface area contributed by atoms with Gasteiger partial charge in [-0.2, -0.15) is 10.1 Å². The minimum absolute atomic E-state index is 0.0262. The number of rotatable bonds is 6. The number of nitrogens with zero attached hydrogens (tertiary/aromatic N) is 4. The summed E-state index contributed by atoms with van der Waals surface area (Å²) in [5.41, 5.74) is 1.40. The van der Waals surface area contributed by atoms with Gasteiger partial charge in [0.15, 0.2) is 5.82 Å². The Morgan fingerprint density at radius 3 is 2.71 bits per heavy atom. The smallest absolute Gasteiger partial charge is 0.225 e. The van der Waals surface area contributed by atoms with Crippen molar-refractivity contribution in [3.63, 3.8) is 0 Å². The molecule has 132 valence electrons. The van der Waals surface area contributed by atoms with Gasteiger partial charge in [-0.05, 0) is 44.7 Å². The minimum atomic E-state index is -3.34. The van der Waals surface area contributed by atoms with Gasteiger partial charge >= 0.3 is 0 Å². The van der Waals surface area contributed by atoms with Crippen LogP contribution in [0.1, 0.15) is 27.2 Å². The molecule has 0 radical (unpaired) electrons. The van der Waals surface area contributed by atoms with Crippen molar-refractivity contribution in [2.24, 2.45) is 13.0 Å². The molecule has 2 aromatic heterocycles. The zero-order valence-electron chi connectivity index (χ0n) is 14.0. The van der Waals surface area contributed by atoms with Crippen LogP contribution in [0.5, 0.6) is 0 Å². The van der Waals surface area contributed by atoms with Crippen molar-refractivity contribution in [2.75, 3.05) is 5.32 Å². The van der Waals surface area contributed by atoms with E-state index in [4.69, 9.17) is 11.6 Å². The molecular weight excluding hydrogens is 352 g/mol.